The van der Waals surface area contributed by atoms with Crippen molar-refractivity contribution >= 4 is 0 Å². The maximum absolute atomic E-state index is 6.15. The van der Waals surface area contributed by atoms with Crippen LogP contribution in [0.15, 0.2) is 30.3 Å². The number of likely N-dealkylation sites (tertiary alicyclic amines) is 1. The van der Waals surface area contributed by atoms with E-state index in [1.54, 1.807) is 0 Å². The number of benzene rings is 1. The van der Waals surface area contributed by atoms with Gasteiger partial charge in [-0.15, -0.1) is 0 Å². The first-order valence-corrected chi connectivity index (χ1v) is 7.19. The minimum absolute atomic E-state index is 0.159. The van der Waals surface area contributed by atoms with Gasteiger partial charge in [-0.25, -0.2) is 0 Å². The lowest BCUT2D eigenvalue weighted by Gasteiger charge is -2.41. The molecule has 18 heavy (non-hydrogen) atoms. The summed E-state index contributed by atoms with van der Waals surface area (Å²) in [6, 6.07) is 10.8. The molecule has 1 aromatic carbocycles. The Morgan fingerprint density at radius 3 is 2.56 bits per heavy atom. The van der Waals surface area contributed by atoms with E-state index in [4.69, 9.17) is 5.73 Å². The van der Waals surface area contributed by atoms with Gasteiger partial charge in [-0.2, -0.15) is 0 Å². The summed E-state index contributed by atoms with van der Waals surface area (Å²) in [5, 5.41) is 0. The molecule has 2 nitrogen and oxygen atoms in total. The van der Waals surface area contributed by atoms with Crippen molar-refractivity contribution in [3.63, 3.8) is 0 Å². The molecule has 1 aliphatic rings. The van der Waals surface area contributed by atoms with Gasteiger partial charge < -0.3 is 5.73 Å². The highest BCUT2D eigenvalue weighted by molar-refractivity contribution is 5.18. The largest absolute Gasteiger partial charge is 0.329 e. The van der Waals surface area contributed by atoms with Crippen molar-refractivity contribution in [2.75, 3.05) is 19.6 Å². The van der Waals surface area contributed by atoms with Crippen LogP contribution in [0.2, 0.25) is 0 Å². The van der Waals surface area contributed by atoms with Crippen LogP contribution in [0.4, 0.5) is 0 Å². The van der Waals surface area contributed by atoms with Gasteiger partial charge in [0.25, 0.3) is 0 Å². The van der Waals surface area contributed by atoms with Gasteiger partial charge in [0.2, 0.25) is 0 Å². The van der Waals surface area contributed by atoms with Crippen LogP contribution in [-0.2, 0) is 6.42 Å². The van der Waals surface area contributed by atoms with Gasteiger partial charge in [0.05, 0.1) is 0 Å². The predicted octanol–water partition coefficient (Wildman–Crippen LogP) is 2.68. The molecule has 1 aromatic rings. The van der Waals surface area contributed by atoms with Crippen molar-refractivity contribution in [2.45, 2.75) is 38.6 Å². The van der Waals surface area contributed by atoms with E-state index in [-0.39, 0.29) is 5.54 Å². The minimum Gasteiger partial charge on any atom is -0.329 e. The molecule has 100 valence electrons. The SMILES string of the molecule is CCC(CN)(Cc1ccccc1)N1CCC(C)C1. The molecule has 1 saturated heterocycles. The van der Waals surface area contributed by atoms with Gasteiger partial charge in [0, 0.05) is 18.6 Å². The third kappa shape index (κ3) is 2.76. The molecule has 2 atom stereocenters. The zero-order chi connectivity index (χ0) is 13.0. The van der Waals surface area contributed by atoms with Crippen molar-refractivity contribution in [2.24, 2.45) is 11.7 Å². The topological polar surface area (TPSA) is 29.3 Å². The molecule has 1 heterocycles. The second-order valence-electron chi connectivity index (χ2n) is 5.78. The van der Waals surface area contributed by atoms with Crippen molar-refractivity contribution in [1.29, 1.82) is 0 Å². The maximum Gasteiger partial charge on any atom is 0.0369 e. The van der Waals surface area contributed by atoms with Crippen molar-refractivity contribution < 1.29 is 0 Å². The Morgan fingerprint density at radius 1 is 1.33 bits per heavy atom. The molecule has 0 aliphatic carbocycles. The van der Waals surface area contributed by atoms with E-state index in [2.05, 4.69) is 49.1 Å². The van der Waals surface area contributed by atoms with Crippen LogP contribution < -0.4 is 5.73 Å². The molecule has 0 saturated carbocycles. The highest BCUT2D eigenvalue weighted by atomic mass is 15.2. The summed E-state index contributed by atoms with van der Waals surface area (Å²) in [6.45, 7) is 7.79. The van der Waals surface area contributed by atoms with Gasteiger partial charge in [-0.3, -0.25) is 4.90 Å². The predicted molar refractivity (Wildman–Crippen MR) is 77.6 cm³/mol. The smallest absolute Gasteiger partial charge is 0.0369 e. The summed E-state index contributed by atoms with van der Waals surface area (Å²) in [5.74, 6) is 0.818. The zero-order valence-corrected chi connectivity index (χ0v) is 11.7. The Morgan fingerprint density at radius 2 is 2.06 bits per heavy atom. The molecular weight excluding hydrogens is 220 g/mol. The Balaban J connectivity index is 2.16. The fourth-order valence-corrected chi connectivity index (χ4v) is 3.15. The first-order chi connectivity index (χ1) is 8.70. The Bertz CT molecular complexity index is 357. The van der Waals surface area contributed by atoms with Gasteiger partial charge >= 0.3 is 0 Å². The third-order valence-electron chi connectivity index (χ3n) is 4.51. The zero-order valence-electron chi connectivity index (χ0n) is 11.7. The second-order valence-corrected chi connectivity index (χ2v) is 5.78. The quantitative estimate of drug-likeness (QED) is 0.865. The third-order valence-corrected chi connectivity index (χ3v) is 4.51. The van der Waals surface area contributed by atoms with Crippen LogP contribution in [0.1, 0.15) is 32.3 Å². The van der Waals surface area contributed by atoms with Gasteiger partial charge in [0.1, 0.15) is 0 Å². The molecule has 2 unspecified atom stereocenters. The Hall–Kier alpha value is -0.860. The molecule has 0 spiro atoms. The van der Waals surface area contributed by atoms with Crippen LogP contribution in [-0.4, -0.2) is 30.1 Å². The van der Waals surface area contributed by atoms with Crippen LogP contribution >= 0.6 is 0 Å². The number of rotatable bonds is 5. The fourth-order valence-electron chi connectivity index (χ4n) is 3.15. The van der Waals surface area contributed by atoms with Gasteiger partial charge in [0.15, 0.2) is 0 Å². The average molecular weight is 246 g/mol. The molecule has 0 radical (unpaired) electrons. The number of hydrogen-bond donors (Lipinski definition) is 1. The normalized spacial score (nSPS) is 24.1. The van der Waals surface area contributed by atoms with E-state index in [0.29, 0.717) is 0 Å². The van der Waals surface area contributed by atoms with Gasteiger partial charge in [-0.05, 0) is 37.3 Å². The fraction of sp³-hybridized carbons (Fsp3) is 0.625. The lowest BCUT2D eigenvalue weighted by Crippen LogP contribution is -2.54. The molecule has 2 heteroatoms. The summed E-state index contributed by atoms with van der Waals surface area (Å²) in [4.78, 5) is 2.63. The van der Waals surface area contributed by atoms with Crippen molar-refractivity contribution in [3.05, 3.63) is 35.9 Å². The number of hydrogen-bond acceptors (Lipinski definition) is 2. The van der Waals surface area contributed by atoms with E-state index in [1.807, 2.05) is 0 Å². The lowest BCUT2D eigenvalue weighted by molar-refractivity contribution is 0.114. The van der Waals surface area contributed by atoms with E-state index < -0.39 is 0 Å². The van der Waals surface area contributed by atoms with E-state index in [1.165, 1.54) is 25.1 Å². The summed E-state index contributed by atoms with van der Waals surface area (Å²) in [6.07, 6.45) is 3.52. The average Bonchev–Trinajstić information content (AvgIpc) is 2.84. The molecule has 1 aliphatic heterocycles. The summed E-state index contributed by atoms with van der Waals surface area (Å²) >= 11 is 0. The van der Waals surface area contributed by atoms with E-state index >= 15 is 0 Å². The summed E-state index contributed by atoms with van der Waals surface area (Å²) < 4.78 is 0. The van der Waals surface area contributed by atoms with E-state index in [0.717, 1.165) is 25.3 Å². The maximum atomic E-state index is 6.15. The van der Waals surface area contributed by atoms with Crippen LogP contribution in [0.3, 0.4) is 0 Å². The molecule has 0 amide bonds. The number of nitrogens with zero attached hydrogens (tertiary/aromatic N) is 1. The monoisotopic (exact) mass is 246 g/mol. The minimum atomic E-state index is 0.159. The molecule has 0 aromatic heterocycles. The highest BCUT2D eigenvalue weighted by Gasteiger charge is 2.37. The molecule has 2 N–H and O–H groups in total. The molecular formula is C16H26N2. The lowest BCUT2D eigenvalue weighted by atomic mass is 9.86. The van der Waals surface area contributed by atoms with Crippen LogP contribution in [0, 0.1) is 5.92 Å². The molecule has 0 bridgehead atoms. The second kappa shape index (κ2) is 5.85. The molecule has 2 rings (SSSR count). The van der Waals surface area contributed by atoms with Crippen LogP contribution in [0.5, 0.6) is 0 Å². The first kappa shape index (κ1) is 13.6. The summed E-state index contributed by atoms with van der Waals surface area (Å²) in [5.41, 5.74) is 7.72. The summed E-state index contributed by atoms with van der Waals surface area (Å²) in [7, 11) is 0. The van der Waals surface area contributed by atoms with E-state index in [9.17, 15) is 0 Å². The standard InChI is InChI=1S/C16H26N2/c1-3-16(13-17,18-10-9-14(2)12-18)11-15-7-5-4-6-8-15/h4-8,14H,3,9-13,17H2,1-2H3. The van der Waals surface area contributed by atoms with Gasteiger partial charge in [-0.1, -0.05) is 44.2 Å². The Labute approximate surface area is 111 Å². The number of nitrogens with two attached hydrogens (primary N) is 1. The first-order valence-electron chi connectivity index (χ1n) is 7.19. The van der Waals surface area contributed by atoms with Crippen molar-refractivity contribution in [1.82, 2.24) is 4.90 Å². The highest BCUT2D eigenvalue weighted by Crippen LogP contribution is 2.30. The van der Waals surface area contributed by atoms with Crippen LogP contribution in [0.25, 0.3) is 0 Å². The van der Waals surface area contributed by atoms with Crippen molar-refractivity contribution in [3.8, 4) is 0 Å². The Kier molecular flexibility index (Phi) is 4.41. The molecule has 1 fully saturated rings.